The zero-order valence-electron chi connectivity index (χ0n) is 25.1. The number of carbonyl (C=O) groups is 2. The minimum Gasteiger partial charge on any atom is -0.508 e. The number of hydrogen-bond acceptors (Lipinski definition) is 5. The molecular weight excluding hydrogens is 566 g/mol. The second-order valence-electron chi connectivity index (χ2n) is 12.3. The molecule has 0 aliphatic carbocycles. The molecule has 1 atom stereocenters. The third-order valence-electron chi connectivity index (χ3n) is 7.98. The van der Waals surface area contributed by atoms with Gasteiger partial charge in [0.1, 0.15) is 28.9 Å². The van der Waals surface area contributed by atoms with E-state index in [-0.39, 0.29) is 28.9 Å². The van der Waals surface area contributed by atoms with Gasteiger partial charge in [0, 0.05) is 17.5 Å². The topological polar surface area (TPSA) is 136 Å². The number of benzene rings is 5. The first-order chi connectivity index (χ1) is 21.5. The Bertz CT molecular complexity index is 2060. The number of phenols is 2. The summed E-state index contributed by atoms with van der Waals surface area (Å²) in [5.41, 5.74) is 6.13. The summed E-state index contributed by atoms with van der Waals surface area (Å²) in [6.45, 7) is 6.47. The molecule has 1 amide bonds. The molecule has 0 saturated carbocycles. The van der Waals surface area contributed by atoms with Crippen molar-refractivity contribution >= 4 is 33.7 Å². The van der Waals surface area contributed by atoms with E-state index < -0.39 is 17.9 Å². The highest BCUT2D eigenvalue weighted by atomic mass is 16.4. The van der Waals surface area contributed by atoms with Crippen LogP contribution in [-0.2, 0) is 16.6 Å². The molecule has 226 valence electrons. The number of hydrogen-bond donors (Lipinski definition) is 5. The molecule has 8 nitrogen and oxygen atoms in total. The molecule has 0 spiro atoms. The van der Waals surface area contributed by atoms with Crippen LogP contribution in [0, 0.1) is 0 Å². The summed E-state index contributed by atoms with van der Waals surface area (Å²) in [4.78, 5) is 33.5. The summed E-state index contributed by atoms with van der Waals surface area (Å²) >= 11 is 0. The van der Waals surface area contributed by atoms with Crippen LogP contribution < -0.4 is 5.32 Å². The van der Waals surface area contributed by atoms with Crippen LogP contribution in [0.5, 0.6) is 11.5 Å². The zero-order chi connectivity index (χ0) is 31.9. The minimum absolute atomic E-state index is 0.0274. The van der Waals surface area contributed by atoms with Gasteiger partial charge in [0.25, 0.3) is 5.91 Å². The molecule has 1 heterocycles. The number of carboxylic acid groups (broad SMARTS) is 1. The number of rotatable bonds is 7. The lowest BCUT2D eigenvalue weighted by Crippen LogP contribution is -2.42. The SMILES string of the molecule is CC(C)(C)c1ccc(-c2ccccc2)cc1-c1nc2c(ccc3cc(C(=O)N[C@@H](Cc4ccc(O)cc4)C(=O)O)cc(O)c32)[nH]1. The Morgan fingerprint density at radius 2 is 1.60 bits per heavy atom. The van der Waals surface area contributed by atoms with Crippen LogP contribution in [0.15, 0.2) is 97.1 Å². The maximum Gasteiger partial charge on any atom is 0.326 e. The number of nitrogens with one attached hydrogen (secondary N) is 2. The molecule has 0 radical (unpaired) electrons. The number of nitrogens with zero attached hydrogens (tertiary/aromatic N) is 1. The van der Waals surface area contributed by atoms with Crippen molar-refractivity contribution in [2.45, 2.75) is 38.6 Å². The Balaban J connectivity index is 1.37. The number of aromatic nitrogens is 2. The number of imidazole rings is 1. The first-order valence-corrected chi connectivity index (χ1v) is 14.7. The maximum absolute atomic E-state index is 13.2. The van der Waals surface area contributed by atoms with Crippen LogP contribution in [0.2, 0.25) is 0 Å². The second-order valence-corrected chi connectivity index (χ2v) is 12.3. The van der Waals surface area contributed by atoms with Gasteiger partial charge in [-0.3, -0.25) is 4.79 Å². The predicted octanol–water partition coefficient (Wildman–Crippen LogP) is 7.18. The molecule has 0 unspecified atom stereocenters. The molecule has 0 aliphatic heterocycles. The van der Waals surface area contributed by atoms with Gasteiger partial charge < -0.3 is 25.6 Å². The number of carbonyl (C=O) groups excluding carboxylic acids is 1. The first-order valence-electron chi connectivity index (χ1n) is 14.7. The van der Waals surface area contributed by atoms with Crippen molar-refractivity contribution in [2.75, 3.05) is 0 Å². The molecular formula is C37H33N3O5. The number of aromatic amines is 1. The van der Waals surface area contributed by atoms with Crippen molar-refractivity contribution < 1.29 is 24.9 Å². The van der Waals surface area contributed by atoms with E-state index in [0.717, 1.165) is 27.8 Å². The van der Waals surface area contributed by atoms with Gasteiger partial charge in [-0.25, -0.2) is 9.78 Å². The monoisotopic (exact) mass is 599 g/mol. The quantitative estimate of drug-likeness (QED) is 0.132. The van der Waals surface area contributed by atoms with Gasteiger partial charge in [0.2, 0.25) is 0 Å². The molecule has 6 rings (SSSR count). The third-order valence-corrected chi connectivity index (χ3v) is 7.98. The predicted molar refractivity (Wildman–Crippen MR) is 176 cm³/mol. The van der Waals surface area contributed by atoms with Crippen LogP contribution in [0.1, 0.15) is 42.3 Å². The summed E-state index contributed by atoms with van der Waals surface area (Å²) in [6.07, 6.45) is 0.0274. The normalized spacial score (nSPS) is 12.3. The molecule has 5 aromatic carbocycles. The maximum atomic E-state index is 13.2. The molecule has 1 aromatic heterocycles. The number of aromatic hydroxyl groups is 2. The number of carboxylic acids is 1. The number of H-pyrrole nitrogens is 1. The van der Waals surface area contributed by atoms with Crippen molar-refractivity contribution in [1.82, 2.24) is 15.3 Å². The summed E-state index contributed by atoms with van der Waals surface area (Å²) in [7, 11) is 0. The fourth-order valence-electron chi connectivity index (χ4n) is 5.68. The molecule has 0 bridgehead atoms. The van der Waals surface area contributed by atoms with Gasteiger partial charge in [-0.2, -0.15) is 0 Å². The lowest BCUT2D eigenvalue weighted by atomic mass is 9.82. The van der Waals surface area contributed by atoms with Crippen LogP contribution in [0.4, 0.5) is 0 Å². The Labute approximate surface area is 260 Å². The van der Waals surface area contributed by atoms with E-state index >= 15 is 0 Å². The van der Waals surface area contributed by atoms with Crippen LogP contribution in [0.25, 0.3) is 44.3 Å². The van der Waals surface area contributed by atoms with Crippen LogP contribution in [0.3, 0.4) is 0 Å². The van der Waals surface area contributed by atoms with Gasteiger partial charge in [-0.05, 0) is 69.5 Å². The standard InChI is InChI=1S/C37H33N3O5/c1-37(2,3)28-15-11-23(22-7-5-4-6-8-22)19-27(28)34-38-29-16-12-24-18-25(20-31(42)32(24)33(29)40-34)35(43)39-30(36(44)45)17-21-9-13-26(41)14-10-21/h4-16,18-20,30,41-42H,17H2,1-3H3,(H,38,40)(H,39,43)(H,44,45)/t30-/m0/s1. The number of fused-ring (bicyclic) bond motifs is 3. The average molecular weight is 600 g/mol. The summed E-state index contributed by atoms with van der Waals surface area (Å²) < 4.78 is 0. The molecule has 6 aromatic rings. The summed E-state index contributed by atoms with van der Waals surface area (Å²) in [5.74, 6) is -1.23. The number of amides is 1. The fourth-order valence-corrected chi connectivity index (χ4v) is 5.68. The van der Waals surface area contributed by atoms with Crippen LogP contribution >= 0.6 is 0 Å². The Kier molecular flexibility index (Phi) is 7.50. The highest BCUT2D eigenvalue weighted by Crippen LogP contribution is 2.38. The smallest absolute Gasteiger partial charge is 0.326 e. The van der Waals surface area contributed by atoms with Crippen molar-refractivity contribution in [3.05, 3.63) is 114 Å². The Morgan fingerprint density at radius 1 is 0.867 bits per heavy atom. The number of phenolic OH excluding ortho intramolecular Hbond substituents is 2. The van der Waals surface area contributed by atoms with Gasteiger partial charge >= 0.3 is 5.97 Å². The van der Waals surface area contributed by atoms with E-state index in [1.165, 1.54) is 18.2 Å². The largest absolute Gasteiger partial charge is 0.508 e. The van der Waals surface area contributed by atoms with E-state index in [1.807, 2.05) is 24.3 Å². The average Bonchev–Trinajstić information content (AvgIpc) is 3.45. The van der Waals surface area contributed by atoms with Gasteiger partial charge in [0.15, 0.2) is 0 Å². The second kappa shape index (κ2) is 11.5. The van der Waals surface area contributed by atoms with E-state index in [4.69, 9.17) is 4.98 Å². The third kappa shape index (κ3) is 5.95. The molecule has 45 heavy (non-hydrogen) atoms. The summed E-state index contributed by atoms with van der Waals surface area (Å²) in [5, 5.41) is 34.1. The van der Waals surface area contributed by atoms with Crippen molar-refractivity contribution in [3.8, 4) is 34.0 Å². The lowest BCUT2D eigenvalue weighted by Gasteiger charge is -2.23. The summed E-state index contributed by atoms with van der Waals surface area (Å²) in [6, 6.07) is 28.1. The van der Waals surface area contributed by atoms with E-state index in [1.54, 1.807) is 24.3 Å². The highest BCUT2D eigenvalue weighted by molar-refractivity contribution is 6.11. The molecule has 0 fully saturated rings. The molecule has 0 saturated heterocycles. The lowest BCUT2D eigenvalue weighted by molar-refractivity contribution is -0.139. The molecule has 5 N–H and O–H groups in total. The van der Waals surface area contributed by atoms with Crippen LogP contribution in [-0.4, -0.2) is 43.2 Å². The van der Waals surface area contributed by atoms with E-state index in [0.29, 0.717) is 27.7 Å². The number of aliphatic carboxylic acids is 1. The first kappa shape index (κ1) is 29.4. The van der Waals surface area contributed by atoms with Gasteiger partial charge in [0.05, 0.1) is 10.9 Å². The fraction of sp³-hybridized carbons (Fsp3) is 0.162. The van der Waals surface area contributed by atoms with Crippen molar-refractivity contribution in [3.63, 3.8) is 0 Å². The Hall–Kier alpha value is -5.63. The van der Waals surface area contributed by atoms with Crippen molar-refractivity contribution in [1.29, 1.82) is 0 Å². The van der Waals surface area contributed by atoms with E-state index in [2.05, 4.69) is 61.4 Å². The van der Waals surface area contributed by atoms with Gasteiger partial charge in [-0.1, -0.05) is 81.4 Å². The highest BCUT2D eigenvalue weighted by Gasteiger charge is 2.24. The zero-order valence-corrected chi connectivity index (χ0v) is 25.1. The molecule has 8 heteroatoms. The van der Waals surface area contributed by atoms with E-state index in [9.17, 15) is 24.9 Å². The molecule has 0 aliphatic rings. The van der Waals surface area contributed by atoms with Crippen molar-refractivity contribution in [2.24, 2.45) is 0 Å². The minimum atomic E-state index is -1.21. The Morgan fingerprint density at radius 3 is 2.29 bits per heavy atom. The van der Waals surface area contributed by atoms with Gasteiger partial charge in [-0.15, -0.1) is 0 Å².